The molecule has 0 radical (unpaired) electrons. The zero-order valence-electron chi connectivity index (χ0n) is 16.2. The van der Waals surface area contributed by atoms with Gasteiger partial charge in [-0.3, -0.25) is 9.89 Å². The maximum atomic E-state index is 12.3. The lowest BCUT2D eigenvalue weighted by atomic mass is 10.1. The van der Waals surface area contributed by atoms with Crippen LogP contribution in [0.1, 0.15) is 26.2 Å². The third-order valence-electron chi connectivity index (χ3n) is 4.30. The maximum Gasteiger partial charge on any atom is 0.401 e. The van der Waals surface area contributed by atoms with Crippen LogP contribution in [0.2, 0.25) is 0 Å². The Morgan fingerprint density at radius 1 is 1.31 bits per heavy atom. The van der Waals surface area contributed by atoms with Gasteiger partial charge < -0.3 is 20.3 Å². The van der Waals surface area contributed by atoms with Crippen molar-refractivity contribution >= 4 is 5.96 Å². The van der Waals surface area contributed by atoms with Gasteiger partial charge in [-0.25, -0.2) is 0 Å². The minimum absolute atomic E-state index is 0.272. The summed E-state index contributed by atoms with van der Waals surface area (Å²) in [6.07, 6.45) is -1.06. The third kappa shape index (κ3) is 10.8. The number of rotatable bonds is 10. The number of nitrogens with zero attached hydrogens (tertiary/aromatic N) is 3. The molecule has 0 saturated carbocycles. The number of guanidine groups is 1. The molecule has 9 heteroatoms. The highest BCUT2D eigenvalue weighted by atomic mass is 19.4. The summed E-state index contributed by atoms with van der Waals surface area (Å²) in [5, 5.41) is 6.59. The molecule has 0 aromatic carbocycles. The van der Waals surface area contributed by atoms with Crippen LogP contribution < -0.4 is 10.6 Å². The van der Waals surface area contributed by atoms with E-state index in [0.29, 0.717) is 18.5 Å². The molecular formula is C17H34F3N5O. The molecule has 2 N–H and O–H groups in total. The Balaban J connectivity index is 2.34. The van der Waals surface area contributed by atoms with Crippen LogP contribution in [0.25, 0.3) is 0 Å². The highest BCUT2D eigenvalue weighted by Gasteiger charge is 2.28. The molecule has 1 fully saturated rings. The van der Waals surface area contributed by atoms with Crippen LogP contribution in [0, 0.1) is 0 Å². The first-order chi connectivity index (χ1) is 12.3. The molecule has 26 heavy (non-hydrogen) atoms. The summed E-state index contributed by atoms with van der Waals surface area (Å²) in [5.41, 5.74) is 0. The van der Waals surface area contributed by atoms with E-state index in [9.17, 15) is 13.2 Å². The highest BCUT2D eigenvalue weighted by Crippen LogP contribution is 2.15. The molecule has 0 unspecified atom stereocenters. The fourth-order valence-corrected chi connectivity index (χ4v) is 2.96. The van der Waals surface area contributed by atoms with Gasteiger partial charge in [0.05, 0.1) is 13.1 Å². The van der Waals surface area contributed by atoms with Gasteiger partial charge in [-0.1, -0.05) is 0 Å². The van der Waals surface area contributed by atoms with Crippen molar-refractivity contribution < 1.29 is 17.9 Å². The molecule has 1 aliphatic heterocycles. The third-order valence-corrected chi connectivity index (χ3v) is 4.30. The lowest BCUT2D eigenvalue weighted by molar-refractivity contribution is -0.142. The lowest BCUT2D eigenvalue weighted by Gasteiger charge is -2.33. The van der Waals surface area contributed by atoms with Crippen molar-refractivity contribution in [3.05, 3.63) is 0 Å². The van der Waals surface area contributed by atoms with E-state index in [1.807, 2.05) is 6.92 Å². The number of likely N-dealkylation sites (tertiary alicyclic amines) is 1. The van der Waals surface area contributed by atoms with Gasteiger partial charge in [0.25, 0.3) is 0 Å². The second-order valence-electron chi connectivity index (χ2n) is 6.72. The van der Waals surface area contributed by atoms with Gasteiger partial charge in [0.1, 0.15) is 0 Å². The van der Waals surface area contributed by atoms with Crippen LogP contribution in [-0.4, -0.2) is 94.6 Å². The van der Waals surface area contributed by atoms with Gasteiger partial charge in [-0.2, -0.15) is 13.2 Å². The molecule has 1 saturated heterocycles. The normalized spacial score (nSPS) is 17.7. The van der Waals surface area contributed by atoms with Gasteiger partial charge in [0.15, 0.2) is 5.96 Å². The average molecular weight is 381 g/mol. The summed E-state index contributed by atoms with van der Waals surface area (Å²) in [7, 11) is 3.18. The molecule has 154 valence electrons. The fourth-order valence-electron chi connectivity index (χ4n) is 2.96. The second-order valence-corrected chi connectivity index (χ2v) is 6.72. The van der Waals surface area contributed by atoms with E-state index < -0.39 is 12.7 Å². The summed E-state index contributed by atoms with van der Waals surface area (Å²) in [4.78, 5) is 8.09. The molecule has 0 bridgehead atoms. The molecule has 0 aliphatic carbocycles. The van der Waals surface area contributed by atoms with Gasteiger partial charge in [0.2, 0.25) is 0 Å². The molecule has 1 heterocycles. The Morgan fingerprint density at radius 3 is 2.58 bits per heavy atom. The molecule has 6 nitrogen and oxygen atoms in total. The van der Waals surface area contributed by atoms with Crippen molar-refractivity contribution in [2.24, 2.45) is 4.99 Å². The van der Waals surface area contributed by atoms with Crippen molar-refractivity contribution in [3.8, 4) is 0 Å². The van der Waals surface area contributed by atoms with E-state index in [2.05, 4.69) is 20.5 Å². The Bertz CT molecular complexity index is 398. The quantitative estimate of drug-likeness (QED) is 0.342. The SMILES string of the molecule is CCNC(=NCCN(C)CC(F)(F)F)NC1CCN(CCCOC)CC1. The average Bonchev–Trinajstić information content (AvgIpc) is 2.55. The number of aliphatic imine (C=N–C) groups is 1. The molecule has 0 spiro atoms. The van der Waals surface area contributed by atoms with E-state index in [1.54, 1.807) is 7.11 Å². The molecule has 0 aromatic heterocycles. The van der Waals surface area contributed by atoms with Crippen molar-refractivity contribution in [1.82, 2.24) is 20.4 Å². The van der Waals surface area contributed by atoms with Crippen LogP contribution in [0.15, 0.2) is 4.99 Å². The van der Waals surface area contributed by atoms with E-state index in [4.69, 9.17) is 4.74 Å². The standard InChI is InChI=1S/C17H34F3N5O/c1-4-21-16(22-8-12-24(2)14-17(18,19)20)23-15-6-10-25(11-7-15)9-5-13-26-3/h15H,4-14H2,1-3H3,(H2,21,22,23). The van der Waals surface area contributed by atoms with Crippen molar-refractivity contribution in [3.63, 3.8) is 0 Å². The Kier molecular flexibility index (Phi) is 10.9. The number of piperidine rings is 1. The number of ether oxygens (including phenoxy) is 1. The maximum absolute atomic E-state index is 12.3. The number of hydrogen-bond donors (Lipinski definition) is 2. The lowest BCUT2D eigenvalue weighted by Crippen LogP contribution is -2.49. The number of halogens is 3. The number of nitrogens with one attached hydrogen (secondary N) is 2. The number of alkyl halides is 3. The summed E-state index contributed by atoms with van der Waals surface area (Å²) in [5.74, 6) is 0.686. The topological polar surface area (TPSA) is 52.1 Å². The first kappa shape index (κ1) is 23.0. The van der Waals surface area contributed by atoms with E-state index in [0.717, 1.165) is 52.0 Å². The van der Waals surface area contributed by atoms with Crippen LogP contribution in [0.5, 0.6) is 0 Å². The van der Waals surface area contributed by atoms with Crippen LogP contribution >= 0.6 is 0 Å². The molecule has 0 amide bonds. The highest BCUT2D eigenvalue weighted by molar-refractivity contribution is 5.80. The van der Waals surface area contributed by atoms with Crippen LogP contribution in [0.4, 0.5) is 13.2 Å². The Labute approximate surface area is 155 Å². The zero-order chi connectivity index (χ0) is 19.4. The van der Waals surface area contributed by atoms with Crippen molar-refractivity contribution in [2.45, 2.75) is 38.4 Å². The summed E-state index contributed by atoms with van der Waals surface area (Å²) < 4.78 is 42.1. The first-order valence-corrected chi connectivity index (χ1v) is 9.35. The minimum atomic E-state index is -4.17. The number of likely N-dealkylation sites (N-methyl/N-ethyl adjacent to an activating group) is 1. The first-order valence-electron chi connectivity index (χ1n) is 9.35. The van der Waals surface area contributed by atoms with Crippen LogP contribution in [0.3, 0.4) is 0 Å². The number of methoxy groups -OCH3 is 1. The predicted molar refractivity (Wildman–Crippen MR) is 98.6 cm³/mol. The molecule has 0 atom stereocenters. The van der Waals surface area contributed by atoms with Crippen LogP contribution in [-0.2, 0) is 4.74 Å². The molecule has 1 rings (SSSR count). The molecule has 0 aromatic rings. The van der Waals surface area contributed by atoms with E-state index in [-0.39, 0.29) is 6.54 Å². The molecular weight excluding hydrogens is 347 g/mol. The summed E-state index contributed by atoms with van der Waals surface area (Å²) in [6.45, 7) is 6.31. The summed E-state index contributed by atoms with van der Waals surface area (Å²) >= 11 is 0. The monoisotopic (exact) mass is 381 g/mol. The van der Waals surface area contributed by atoms with Gasteiger partial charge in [-0.05, 0) is 33.2 Å². The second kappa shape index (κ2) is 12.3. The Morgan fingerprint density at radius 2 is 2.00 bits per heavy atom. The predicted octanol–water partition coefficient (Wildman–Crippen LogP) is 1.54. The molecule has 1 aliphatic rings. The minimum Gasteiger partial charge on any atom is -0.385 e. The number of hydrogen-bond acceptors (Lipinski definition) is 4. The smallest absolute Gasteiger partial charge is 0.385 e. The van der Waals surface area contributed by atoms with Gasteiger partial charge in [-0.15, -0.1) is 0 Å². The Hall–Kier alpha value is -1.06. The summed E-state index contributed by atoms with van der Waals surface area (Å²) in [6, 6.07) is 0.347. The fraction of sp³-hybridized carbons (Fsp3) is 0.941. The largest absolute Gasteiger partial charge is 0.401 e. The van der Waals surface area contributed by atoms with Crippen molar-refractivity contribution in [1.29, 1.82) is 0 Å². The van der Waals surface area contributed by atoms with Crippen molar-refractivity contribution in [2.75, 3.05) is 66.6 Å². The van der Waals surface area contributed by atoms with E-state index >= 15 is 0 Å². The van der Waals surface area contributed by atoms with Gasteiger partial charge >= 0.3 is 6.18 Å². The van der Waals surface area contributed by atoms with E-state index in [1.165, 1.54) is 11.9 Å². The zero-order valence-corrected chi connectivity index (χ0v) is 16.2. The van der Waals surface area contributed by atoms with Gasteiger partial charge in [0, 0.05) is 52.5 Å².